The highest BCUT2D eigenvalue weighted by molar-refractivity contribution is 6.32. The van der Waals surface area contributed by atoms with Crippen LogP contribution in [0.1, 0.15) is 31.9 Å². The molecule has 4 nitrogen and oxygen atoms in total. The van der Waals surface area contributed by atoms with E-state index in [4.69, 9.17) is 16.3 Å². The number of aryl methyl sites for hydroxylation is 1. The highest BCUT2D eigenvalue weighted by Crippen LogP contribution is 2.37. The summed E-state index contributed by atoms with van der Waals surface area (Å²) in [6, 6.07) is 5.53. The average molecular weight is 298 g/mol. The summed E-state index contributed by atoms with van der Waals surface area (Å²) in [6.07, 6.45) is -0.411. The van der Waals surface area contributed by atoms with Crippen LogP contribution in [0, 0.1) is 6.92 Å². The number of hydrogen-bond donors (Lipinski definition) is 1. The van der Waals surface area contributed by atoms with Crippen LogP contribution < -0.4 is 0 Å². The van der Waals surface area contributed by atoms with Gasteiger partial charge in [0.05, 0.1) is 13.1 Å². The van der Waals surface area contributed by atoms with Gasteiger partial charge in [-0.25, -0.2) is 4.79 Å². The minimum Gasteiger partial charge on any atom is -0.444 e. The lowest BCUT2D eigenvalue weighted by Crippen LogP contribution is -2.62. The van der Waals surface area contributed by atoms with Crippen molar-refractivity contribution in [3.05, 3.63) is 34.3 Å². The van der Waals surface area contributed by atoms with Gasteiger partial charge in [0.1, 0.15) is 11.2 Å². The molecule has 1 aromatic rings. The molecule has 1 amide bonds. The van der Waals surface area contributed by atoms with Gasteiger partial charge in [-0.1, -0.05) is 29.8 Å². The maximum absolute atomic E-state index is 11.9. The number of carbonyl (C=O) groups is 1. The minimum atomic E-state index is -1.08. The van der Waals surface area contributed by atoms with Crippen LogP contribution in [0.5, 0.6) is 0 Å². The van der Waals surface area contributed by atoms with Crippen LogP contribution in [-0.4, -0.2) is 34.8 Å². The van der Waals surface area contributed by atoms with Crippen LogP contribution >= 0.6 is 11.6 Å². The Bertz CT molecular complexity index is 530. The number of likely N-dealkylation sites (tertiary alicyclic amines) is 1. The first-order valence-electron chi connectivity index (χ1n) is 6.58. The van der Waals surface area contributed by atoms with Gasteiger partial charge in [-0.05, 0) is 33.3 Å². The predicted molar refractivity (Wildman–Crippen MR) is 77.9 cm³/mol. The van der Waals surface area contributed by atoms with Crippen LogP contribution in [-0.2, 0) is 10.3 Å². The van der Waals surface area contributed by atoms with E-state index < -0.39 is 17.3 Å². The molecule has 1 saturated heterocycles. The van der Waals surface area contributed by atoms with E-state index in [0.717, 1.165) is 5.56 Å². The molecule has 0 spiro atoms. The standard InChI is InChI=1S/C15H20ClNO3/c1-10-6-5-7-11(12(10)16)15(19)8-17(9-15)13(18)20-14(2,3)4/h5-7,19H,8-9H2,1-4H3. The van der Waals surface area contributed by atoms with Crippen molar-refractivity contribution < 1.29 is 14.6 Å². The van der Waals surface area contributed by atoms with Crippen molar-refractivity contribution in [3.63, 3.8) is 0 Å². The average Bonchev–Trinajstić information content (AvgIpc) is 2.26. The van der Waals surface area contributed by atoms with E-state index in [2.05, 4.69) is 0 Å². The van der Waals surface area contributed by atoms with E-state index in [0.29, 0.717) is 10.6 Å². The Kier molecular flexibility index (Phi) is 3.73. The third kappa shape index (κ3) is 2.91. The Morgan fingerprint density at radius 2 is 2.00 bits per heavy atom. The monoisotopic (exact) mass is 297 g/mol. The topological polar surface area (TPSA) is 49.8 Å². The van der Waals surface area contributed by atoms with Crippen LogP contribution in [0.25, 0.3) is 0 Å². The number of nitrogens with zero attached hydrogens (tertiary/aromatic N) is 1. The lowest BCUT2D eigenvalue weighted by Gasteiger charge is -2.47. The third-order valence-electron chi connectivity index (χ3n) is 3.25. The molecule has 0 bridgehead atoms. The van der Waals surface area contributed by atoms with E-state index in [9.17, 15) is 9.90 Å². The number of β-amino-alcohol motifs (C(OH)–C–C–N with tert-alkyl or cyclic N) is 1. The third-order valence-corrected chi connectivity index (χ3v) is 3.75. The molecule has 1 heterocycles. The zero-order chi connectivity index (χ0) is 15.1. The Morgan fingerprint density at radius 1 is 1.40 bits per heavy atom. The summed E-state index contributed by atoms with van der Waals surface area (Å²) in [6.45, 7) is 7.73. The number of aliphatic hydroxyl groups is 1. The largest absolute Gasteiger partial charge is 0.444 e. The Balaban J connectivity index is 2.08. The van der Waals surface area contributed by atoms with Crippen molar-refractivity contribution in [2.24, 2.45) is 0 Å². The summed E-state index contributed by atoms with van der Waals surface area (Å²) >= 11 is 6.23. The number of rotatable bonds is 1. The summed E-state index contributed by atoms with van der Waals surface area (Å²) in [4.78, 5) is 13.3. The molecule has 20 heavy (non-hydrogen) atoms. The lowest BCUT2D eigenvalue weighted by atomic mass is 9.85. The first-order chi connectivity index (χ1) is 9.12. The SMILES string of the molecule is Cc1cccc(C2(O)CN(C(=O)OC(C)(C)C)C2)c1Cl. The summed E-state index contributed by atoms with van der Waals surface area (Å²) < 4.78 is 5.27. The van der Waals surface area contributed by atoms with Gasteiger partial charge < -0.3 is 14.7 Å². The minimum absolute atomic E-state index is 0.199. The van der Waals surface area contributed by atoms with E-state index in [1.54, 1.807) is 6.07 Å². The Labute approximate surface area is 124 Å². The molecule has 0 unspecified atom stereocenters. The molecule has 1 aliphatic heterocycles. The first kappa shape index (κ1) is 15.1. The van der Waals surface area contributed by atoms with Gasteiger partial charge in [0.15, 0.2) is 0 Å². The molecule has 110 valence electrons. The summed E-state index contributed by atoms with van der Waals surface area (Å²) in [5.41, 5.74) is -0.0431. The van der Waals surface area contributed by atoms with Crippen molar-refractivity contribution in [2.75, 3.05) is 13.1 Å². The van der Waals surface area contributed by atoms with Gasteiger partial charge in [-0.2, -0.15) is 0 Å². The molecule has 1 fully saturated rings. The van der Waals surface area contributed by atoms with Crippen molar-refractivity contribution in [1.82, 2.24) is 4.90 Å². The number of hydrogen-bond acceptors (Lipinski definition) is 3. The van der Waals surface area contributed by atoms with Crippen molar-refractivity contribution in [3.8, 4) is 0 Å². The number of carbonyl (C=O) groups excluding carboxylic acids is 1. The molecule has 0 radical (unpaired) electrons. The Morgan fingerprint density at radius 3 is 2.55 bits per heavy atom. The van der Waals surface area contributed by atoms with Crippen molar-refractivity contribution >= 4 is 17.7 Å². The maximum Gasteiger partial charge on any atom is 0.410 e. The lowest BCUT2D eigenvalue weighted by molar-refractivity contribution is -0.103. The molecule has 1 N–H and O–H groups in total. The normalized spacial score (nSPS) is 17.6. The number of halogens is 1. The van der Waals surface area contributed by atoms with E-state index in [1.165, 1.54) is 4.90 Å². The fourth-order valence-corrected chi connectivity index (χ4v) is 2.52. The molecule has 0 aromatic heterocycles. The predicted octanol–water partition coefficient (Wildman–Crippen LogP) is 3.09. The number of ether oxygens (including phenoxy) is 1. The molecule has 0 atom stereocenters. The molecule has 2 rings (SSSR count). The second-order valence-corrected chi connectivity index (χ2v) is 6.68. The van der Waals surface area contributed by atoms with Gasteiger partial charge >= 0.3 is 6.09 Å². The molecular weight excluding hydrogens is 278 g/mol. The van der Waals surface area contributed by atoms with Gasteiger partial charge in [0.25, 0.3) is 0 Å². The van der Waals surface area contributed by atoms with E-state index in [-0.39, 0.29) is 13.1 Å². The fourth-order valence-electron chi connectivity index (χ4n) is 2.22. The summed E-state index contributed by atoms with van der Waals surface area (Å²) in [5, 5.41) is 11.1. The molecule has 1 aromatic carbocycles. The molecule has 1 aliphatic rings. The molecule has 5 heteroatoms. The maximum atomic E-state index is 11.9. The van der Waals surface area contributed by atoms with Gasteiger partial charge in [-0.3, -0.25) is 0 Å². The van der Waals surface area contributed by atoms with Gasteiger partial charge in [-0.15, -0.1) is 0 Å². The van der Waals surface area contributed by atoms with E-state index >= 15 is 0 Å². The first-order valence-corrected chi connectivity index (χ1v) is 6.96. The van der Waals surface area contributed by atoms with E-state index in [1.807, 2.05) is 39.8 Å². The molecular formula is C15H20ClNO3. The summed E-state index contributed by atoms with van der Waals surface area (Å²) in [5.74, 6) is 0. The number of benzene rings is 1. The zero-order valence-electron chi connectivity index (χ0n) is 12.2. The summed E-state index contributed by atoms with van der Waals surface area (Å²) in [7, 11) is 0. The smallest absolute Gasteiger partial charge is 0.410 e. The van der Waals surface area contributed by atoms with Crippen LogP contribution in [0.3, 0.4) is 0 Å². The van der Waals surface area contributed by atoms with Crippen LogP contribution in [0.4, 0.5) is 4.79 Å². The van der Waals surface area contributed by atoms with Crippen molar-refractivity contribution in [2.45, 2.75) is 38.9 Å². The van der Waals surface area contributed by atoms with Gasteiger partial charge in [0, 0.05) is 10.6 Å². The zero-order valence-corrected chi connectivity index (χ0v) is 13.0. The fraction of sp³-hybridized carbons (Fsp3) is 0.533. The molecule has 0 saturated carbocycles. The van der Waals surface area contributed by atoms with Crippen LogP contribution in [0.2, 0.25) is 5.02 Å². The highest BCUT2D eigenvalue weighted by Gasteiger charge is 2.47. The second-order valence-electron chi connectivity index (χ2n) is 6.30. The molecule has 0 aliphatic carbocycles. The van der Waals surface area contributed by atoms with Gasteiger partial charge in [0.2, 0.25) is 0 Å². The second kappa shape index (κ2) is 4.93. The van der Waals surface area contributed by atoms with Crippen LogP contribution in [0.15, 0.2) is 18.2 Å². The van der Waals surface area contributed by atoms with Crippen molar-refractivity contribution in [1.29, 1.82) is 0 Å². The number of amides is 1. The Hall–Kier alpha value is -1.26. The quantitative estimate of drug-likeness (QED) is 0.866. The highest BCUT2D eigenvalue weighted by atomic mass is 35.5.